The van der Waals surface area contributed by atoms with Gasteiger partial charge in [-0.05, 0) is 67.4 Å². The molecule has 2 N–H and O–H groups in total. The van der Waals surface area contributed by atoms with Gasteiger partial charge in [-0.2, -0.15) is 5.26 Å². The van der Waals surface area contributed by atoms with Gasteiger partial charge in [0.1, 0.15) is 17.6 Å². The normalized spacial score (nSPS) is 20.4. The Hall–Kier alpha value is -3.93. The molecule has 5 rings (SSSR count). The molecule has 3 aromatic rings. The molecule has 0 saturated carbocycles. The molecular formula is C29H28FN5O2. The summed E-state index contributed by atoms with van der Waals surface area (Å²) < 4.78 is 14.4. The predicted molar refractivity (Wildman–Crippen MR) is 141 cm³/mol. The number of aliphatic hydroxyl groups is 1. The number of pyridine rings is 2. The molecule has 1 unspecified atom stereocenters. The van der Waals surface area contributed by atoms with E-state index >= 15 is 0 Å². The number of likely N-dealkylation sites (tertiary alicyclic amines) is 1. The molecule has 1 fully saturated rings. The molecule has 1 aliphatic carbocycles. The van der Waals surface area contributed by atoms with E-state index in [9.17, 15) is 9.18 Å². The number of hydrogen-bond acceptors (Lipinski definition) is 7. The molecule has 8 heteroatoms. The highest BCUT2D eigenvalue weighted by molar-refractivity contribution is 5.98. The van der Waals surface area contributed by atoms with Crippen molar-refractivity contribution in [2.45, 2.75) is 24.9 Å². The van der Waals surface area contributed by atoms with Crippen LogP contribution in [0.5, 0.6) is 0 Å². The van der Waals surface area contributed by atoms with Crippen molar-refractivity contribution in [2.75, 3.05) is 31.6 Å². The molecule has 7 nitrogen and oxygen atoms in total. The Morgan fingerprint density at radius 1 is 1.22 bits per heavy atom. The monoisotopic (exact) mass is 497 g/mol. The number of piperidine rings is 1. The zero-order valence-electron chi connectivity index (χ0n) is 20.4. The minimum atomic E-state index is -1.97. The number of aromatic nitrogens is 2. The van der Waals surface area contributed by atoms with Gasteiger partial charge in [0.15, 0.2) is 5.78 Å². The maximum Gasteiger partial charge on any atom is 0.218 e. The largest absolute Gasteiger partial charge is 0.395 e. The summed E-state index contributed by atoms with van der Waals surface area (Å²) in [7, 11) is 0. The summed E-state index contributed by atoms with van der Waals surface area (Å²) in [6, 6.07) is 14.7. The van der Waals surface area contributed by atoms with Crippen LogP contribution in [0, 0.1) is 17.2 Å². The Kier molecular flexibility index (Phi) is 7.08. The second kappa shape index (κ2) is 10.6. The zero-order chi connectivity index (χ0) is 25.8. The highest BCUT2D eigenvalue weighted by Crippen LogP contribution is 2.33. The Morgan fingerprint density at radius 3 is 2.73 bits per heavy atom. The van der Waals surface area contributed by atoms with Crippen molar-refractivity contribution in [3.8, 4) is 6.07 Å². The first kappa shape index (κ1) is 24.8. The molecule has 188 valence electrons. The van der Waals surface area contributed by atoms with Crippen LogP contribution in [0.15, 0.2) is 66.9 Å². The number of β-amino-alcohol motifs (C(OH)–C–C–N with tert-alkyl or cyclic N) is 1. The second-order valence-electron chi connectivity index (χ2n) is 9.57. The maximum absolute atomic E-state index is 14.4. The number of ketones is 1. The molecule has 1 atom stereocenters. The van der Waals surface area contributed by atoms with Crippen molar-refractivity contribution in [3.63, 3.8) is 0 Å². The maximum atomic E-state index is 14.4. The number of nitrogens with zero attached hydrogens (tertiary/aromatic N) is 4. The fourth-order valence-corrected chi connectivity index (χ4v) is 4.89. The minimum Gasteiger partial charge on any atom is -0.395 e. The Balaban J connectivity index is 1.28. The second-order valence-corrected chi connectivity index (χ2v) is 9.57. The fourth-order valence-electron chi connectivity index (χ4n) is 4.89. The fraction of sp³-hybridized carbons (Fsp3) is 0.310. The lowest BCUT2D eigenvalue weighted by Gasteiger charge is -2.30. The van der Waals surface area contributed by atoms with Crippen molar-refractivity contribution >= 4 is 33.8 Å². The molecule has 0 radical (unpaired) electrons. The number of nitrogens with one attached hydrogen (secondary N) is 1. The van der Waals surface area contributed by atoms with Crippen LogP contribution in [0.3, 0.4) is 0 Å². The lowest BCUT2D eigenvalue weighted by atomic mass is 9.89. The lowest BCUT2D eigenvalue weighted by molar-refractivity contribution is 0.0819. The first-order valence-corrected chi connectivity index (χ1v) is 12.5. The van der Waals surface area contributed by atoms with Crippen LogP contribution in [0.2, 0.25) is 0 Å². The number of aliphatic hydroxyl groups excluding tert-OH is 1. The third-order valence-electron chi connectivity index (χ3n) is 7.02. The molecule has 3 heterocycles. The van der Waals surface area contributed by atoms with Gasteiger partial charge in [0.25, 0.3) is 0 Å². The van der Waals surface area contributed by atoms with Gasteiger partial charge < -0.3 is 15.3 Å². The van der Waals surface area contributed by atoms with Crippen LogP contribution in [-0.4, -0.2) is 57.7 Å². The van der Waals surface area contributed by atoms with Gasteiger partial charge >= 0.3 is 0 Å². The summed E-state index contributed by atoms with van der Waals surface area (Å²) >= 11 is 0. The number of alkyl halides is 1. The number of anilines is 2. The van der Waals surface area contributed by atoms with Gasteiger partial charge in [0, 0.05) is 42.2 Å². The summed E-state index contributed by atoms with van der Waals surface area (Å²) in [5.74, 6) is 0.609. The summed E-state index contributed by atoms with van der Waals surface area (Å²) in [5, 5.41) is 22.3. The van der Waals surface area contributed by atoms with E-state index in [1.54, 1.807) is 24.4 Å². The van der Waals surface area contributed by atoms with Crippen LogP contribution in [-0.2, 0) is 0 Å². The number of carbonyl (C=O) groups excluding carboxylic acids is 1. The third-order valence-corrected chi connectivity index (χ3v) is 7.02. The molecule has 0 amide bonds. The Morgan fingerprint density at radius 2 is 2.00 bits per heavy atom. The van der Waals surface area contributed by atoms with Gasteiger partial charge in [-0.15, -0.1) is 0 Å². The smallest absolute Gasteiger partial charge is 0.218 e. The van der Waals surface area contributed by atoms with E-state index in [-0.39, 0.29) is 24.7 Å². The summed E-state index contributed by atoms with van der Waals surface area (Å²) in [6.07, 6.45) is 7.98. The minimum absolute atomic E-state index is 0.0213. The summed E-state index contributed by atoms with van der Waals surface area (Å²) in [4.78, 5) is 24.4. The number of nitriles is 1. The van der Waals surface area contributed by atoms with Crippen molar-refractivity contribution in [3.05, 3.63) is 78.1 Å². The van der Waals surface area contributed by atoms with E-state index in [4.69, 9.17) is 10.4 Å². The highest BCUT2D eigenvalue weighted by Gasteiger charge is 2.30. The Bertz CT molecular complexity index is 1400. The van der Waals surface area contributed by atoms with E-state index in [0.29, 0.717) is 23.6 Å². The van der Waals surface area contributed by atoms with Crippen LogP contribution in [0.1, 0.15) is 35.3 Å². The first-order valence-electron chi connectivity index (χ1n) is 12.5. The van der Waals surface area contributed by atoms with E-state index in [0.717, 1.165) is 48.1 Å². The van der Waals surface area contributed by atoms with Crippen molar-refractivity contribution in [2.24, 2.45) is 5.92 Å². The summed E-state index contributed by atoms with van der Waals surface area (Å²) in [5.41, 5.74) is 1.60. The average Bonchev–Trinajstić information content (AvgIpc) is 2.93. The SMILES string of the molecule is N#CC1(F)C=CC=C(c2ccc(Nc3cc4nc(C(=O)C5CCN(CCO)CC5)ccc4cn3)cc2)C1. The van der Waals surface area contributed by atoms with Gasteiger partial charge in [-0.3, -0.25) is 4.79 Å². The van der Waals surface area contributed by atoms with Gasteiger partial charge in [-0.25, -0.2) is 14.4 Å². The van der Waals surface area contributed by atoms with Crippen LogP contribution in [0.25, 0.3) is 16.5 Å². The molecule has 2 aromatic heterocycles. The van der Waals surface area contributed by atoms with Crippen molar-refractivity contribution in [1.82, 2.24) is 14.9 Å². The van der Waals surface area contributed by atoms with Gasteiger partial charge in [0.05, 0.1) is 12.1 Å². The number of hydrogen-bond donors (Lipinski definition) is 2. The quantitative estimate of drug-likeness (QED) is 0.451. The number of allylic oxidation sites excluding steroid dienone is 4. The number of Topliss-reactive ketones (excluding diaryl/α,β-unsaturated/α-hetero) is 1. The van der Waals surface area contributed by atoms with Crippen molar-refractivity contribution in [1.29, 1.82) is 5.26 Å². The van der Waals surface area contributed by atoms with Crippen molar-refractivity contribution < 1.29 is 14.3 Å². The van der Waals surface area contributed by atoms with Crippen LogP contribution >= 0.6 is 0 Å². The standard InChI is InChI=1S/C29H28FN5O2/c30-29(19-31)11-1-2-22(17-29)20-3-6-24(7-4-20)33-27-16-26-23(18-32-27)5-8-25(34-26)28(37)21-9-12-35(13-10-21)14-15-36/h1-8,11,16,18,21,36H,9-10,12-15,17H2,(H,32,33). The third kappa shape index (κ3) is 5.58. The van der Waals surface area contributed by atoms with Gasteiger partial charge in [-0.1, -0.05) is 24.3 Å². The molecule has 0 spiro atoms. The highest BCUT2D eigenvalue weighted by atomic mass is 19.1. The molecule has 0 bridgehead atoms. The lowest BCUT2D eigenvalue weighted by Crippen LogP contribution is -2.38. The Labute approximate surface area is 215 Å². The van der Waals surface area contributed by atoms with Crippen LogP contribution in [0.4, 0.5) is 15.9 Å². The van der Waals surface area contributed by atoms with E-state index in [1.165, 1.54) is 6.08 Å². The van der Waals surface area contributed by atoms with E-state index in [1.807, 2.05) is 42.5 Å². The number of benzene rings is 1. The van der Waals surface area contributed by atoms with Crippen LogP contribution < -0.4 is 5.32 Å². The van der Waals surface area contributed by atoms with E-state index in [2.05, 4.69) is 20.2 Å². The number of carbonyl (C=O) groups is 1. The topological polar surface area (TPSA) is 102 Å². The number of rotatable bonds is 7. The first-order chi connectivity index (χ1) is 18.0. The predicted octanol–water partition coefficient (Wildman–Crippen LogP) is 4.84. The molecule has 1 saturated heterocycles. The molecular weight excluding hydrogens is 469 g/mol. The molecule has 37 heavy (non-hydrogen) atoms. The average molecular weight is 498 g/mol. The van der Waals surface area contributed by atoms with E-state index < -0.39 is 5.67 Å². The van der Waals surface area contributed by atoms with Gasteiger partial charge in [0.2, 0.25) is 5.67 Å². The number of fused-ring (bicyclic) bond motifs is 1. The zero-order valence-corrected chi connectivity index (χ0v) is 20.4. The molecule has 2 aliphatic rings. The summed E-state index contributed by atoms with van der Waals surface area (Å²) in [6.45, 7) is 2.40. The molecule has 1 aromatic carbocycles. The molecule has 1 aliphatic heterocycles. The number of halogens is 1.